The van der Waals surface area contributed by atoms with Gasteiger partial charge >= 0.3 is 5.97 Å². The Labute approximate surface area is 158 Å². The summed E-state index contributed by atoms with van der Waals surface area (Å²) in [7, 11) is -0.761. The predicted octanol–water partition coefficient (Wildman–Crippen LogP) is 2.05. The van der Waals surface area contributed by atoms with Crippen molar-refractivity contribution >= 4 is 21.9 Å². The Bertz CT molecular complexity index is 909. The minimum atomic E-state index is -3.60. The Morgan fingerprint density at radius 2 is 1.56 bits per heavy atom. The third kappa shape index (κ3) is 4.72. The number of nitrogens with zero attached hydrogens (tertiary/aromatic N) is 2. The molecule has 1 amide bonds. The van der Waals surface area contributed by atoms with Crippen molar-refractivity contribution in [1.82, 2.24) is 9.21 Å². The van der Waals surface area contributed by atoms with E-state index in [4.69, 9.17) is 0 Å². The van der Waals surface area contributed by atoms with E-state index in [1.54, 1.807) is 0 Å². The van der Waals surface area contributed by atoms with Crippen LogP contribution in [0.4, 0.5) is 0 Å². The molecule has 144 valence electrons. The first kappa shape index (κ1) is 20.6. The zero-order valence-corrected chi connectivity index (χ0v) is 16.2. The molecular formula is C19H22N2O5S. The Kier molecular flexibility index (Phi) is 6.35. The second-order valence-corrected chi connectivity index (χ2v) is 8.40. The van der Waals surface area contributed by atoms with Crippen molar-refractivity contribution in [2.45, 2.75) is 24.4 Å². The Morgan fingerprint density at radius 3 is 2.04 bits per heavy atom. The summed E-state index contributed by atoms with van der Waals surface area (Å²) in [5.74, 6) is -1.60. The van der Waals surface area contributed by atoms with E-state index in [0.29, 0.717) is 0 Å². The maximum Gasteiger partial charge on any atom is 0.326 e. The number of carboxylic acids is 1. The summed E-state index contributed by atoms with van der Waals surface area (Å²) < 4.78 is 25.4. The van der Waals surface area contributed by atoms with E-state index in [2.05, 4.69) is 0 Å². The largest absolute Gasteiger partial charge is 0.480 e. The maximum atomic E-state index is 12.9. The average Bonchev–Trinajstić information content (AvgIpc) is 2.65. The average molecular weight is 390 g/mol. The van der Waals surface area contributed by atoms with Crippen LogP contribution in [0.1, 0.15) is 22.8 Å². The van der Waals surface area contributed by atoms with Gasteiger partial charge in [-0.25, -0.2) is 17.5 Å². The Balaban J connectivity index is 2.33. The van der Waals surface area contributed by atoms with E-state index in [1.807, 2.05) is 30.3 Å². The van der Waals surface area contributed by atoms with Crippen molar-refractivity contribution in [3.05, 3.63) is 65.7 Å². The number of rotatable bonds is 7. The molecule has 0 aliphatic heterocycles. The first-order chi connectivity index (χ1) is 12.6. The first-order valence-corrected chi connectivity index (χ1v) is 9.69. The predicted molar refractivity (Wildman–Crippen MR) is 101 cm³/mol. The Hall–Kier alpha value is -2.71. The normalized spacial score (nSPS) is 12.6. The van der Waals surface area contributed by atoms with Gasteiger partial charge in [0.2, 0.25) is 10.0 Å². The third-order valence-electron chi connectivity index (χ3n) is 4.16. The van der Waals surface area contributed by atoms with Gasteiger partial charge in [-0.1, -0.05) is 30.3 Å². The lowest BCUT2D eigenvalue weighted by Gasteiger charge is -2.27. The number of carbonyl (C=O) groups excluding carboxylic acids is 1. The van der Waals surface area contributed by atoms with Gasteiger partial charge < -0.3 is 10.0 Å². The van der Waals surface area contributed by atoms with E-state index >= 15 is 0 Å². The van der Waals surface area contributed by atoms with Gasteiger partial charge in [-0.05, 0) is 36.8 Å². The molecule has 2 rings (SSSR count). The molecule has 8 heteroatoms. The molecule has 27 heavy (non-hydrogen) atoms. The van der Waals surface area contributed by atoms with Crippen LogP contribution in [0.15, 0.2) is 59.5 Å². The van der Waals surface area contributed by atoms with Crippen molar-refractivity contribution in [2.24, 2.45) is 0 Å². The molecule has 1 atom stereocenters. The number of carbonyl (C=O) groups is 2. The van der Waals surface area contributed by atoms with Gasteiger partial charge in [0.1, 0.15) is 6.04 Å². The molecule has 0 aromatic heterocycles. The highest BCUT2D eigenvalue weighted by atomic mass is 32.2. The fourth-order valence-corrected chi connectivity index (χ4v) is 3.35. The van der Waals surface area contributed by atoms with Crippen molar-refractivity contribution < 1.29 is 23.1 Å². The van der Waals surface area contributed by atoms with Crippen molar-refractivity contribution in [3.8, 4) is 0 Å². The van der Waals surface area contributed by atoms with E-state index in [-0.39, 0.29) is 17.0 Å². The topological polar surface area (TPSA) is 95.0 Å². The molecule has 0 fully saturated rings. The van der Waals surface area contributed by atoms with Crippen LogP contribution in [0.5, 0.6) is 0 Å². The summed E-state index contributed by atoms with van der Waals surface area (Å²) in [5, 5.41) is 9.36. The molecule has 0 saturated carbocycles. The molecule has 0 radical (unpaired) electrons. The fourth-order valence-electron chi connectivity index (χ4n) is 2.44. The van der Waals surface area contributed by atoms with Crippen molar-refractivity contribution in [1.29, 1.82) is 0 Å². The highest BCUT2D eigenvalue weighted by Gasteiger charge is 2.27. The van der Waals surface area contributed by atoms with Gasteiger partial charge in [-0.2, -0.15) is 0 Å². The third-order valence-corrected chi connectivity index (χ3v) is 5.99. The van der Waals surface area contributed by atoms with Crippen molar-refractivity contribution in [2.75, 3.05) is 14.1 Å². The summed E-state index contributed by atoms with van der Waals surface area (Å²) in [6.07, 6.45) is 0. The fraction of sp³-hybridized carbons (Fsp3) is 0.263. The number of hydrogen-bond acceptors (Lipinski definition) is 4. The van der Waals surface area contributed by atoms with Crippen molar-refractivity contribution in [3.63, 3.8) is 0 Å². The van der Waals surface area contributed by atoms with E-state index in [1.165, 1.54) is 50.2 Å². The van der Waals surface area contributed by atoms with Crippen LogP contribution in [0.25, 0.3) is 0 Å². The second-order valence-electron chi connectivity index (χ2n) is 6.24. The number of benzene rings is 2. The minimum Gasteiger partial charge on any atom is -0.480 e. The highest BCUT2D eigenvalue weighted by molar-refractivity contribution is 7.89. The maximum absolute atomic E-state index is 12.9. The number of sulfonamides is 1. The lowest BCUT2D eigenvalue weighted by molar-refractivity contribution is -0.141. The van der Waals surface area contributed by atoms with Gasteiger partial charge in [-0.15, -0.1) is 0 Å². The zero-order valence-electron chi connectivity index (χ0n) is 15.4. The molecule has 0 aliphatic carbocycles. The quantitative estimate of drug-likeness (QED) is 0.781. The summed E-state index contributed by atoms with van der Waals surface area (Å²) >= 11 is 0. The lowest BCUT2D eigenvalue weighted by Crippen LogP contribution is -2.42. The monoisotopic (exact) mass is 390 g/mol. The number of aliphatic carboxylic acids is 1. The van der Waals surface area contributed by atoms with E-state index in [0.717, 1.165) is 9.87 Å². The molecule has 0 saturated heterocycles. The van der Waals surface area contributed by atoms with Crippen LogP contribution in [-0.2, 0) is 21.4 Å². The number of carboxylic acid groups (broad SMARTS) is 1. The molecule has 0 bridgehead atoms. The number of amides is 1. The van der Waals surface area contributed by atoms with Gasteiger partial charge in [0.15, 0.2) is 0 Å². The van der Waals surface area contributed by atoms with Crippen LogP contribution < -0.4 is 0 Å². The summed E-state index contributed by atoms with van der Waals surface area (Å²) in [5.41, 5.74) is 1.02. The second kappa shape index (κ2) is 8.32. The van der Waals surface area contributed by atoms with Gasteiger partial charge in [0, 0.05) is 26.2 Å². The molecule has 0 aliphatic rings. The SMILES string of the molecule is CC(C(=O)O)N(Cc1ccccc1)C(=O)c1ccc(S(=O)(=O)N(C)C)cc1. The molecule has 1 unspecified atom stereocenters. The summed E-state index contributed by atoms with van der Waals surface area (Å²) in [6.45, 7) is 1.57. The standard InChI is InChI=1S/C19H22N2O5S/c1-14(19(23)24)21(13-15-7-5-4-6-8-15)18(22)16-9-11-17(12-10-16)27(25,26)20(2)3/h4-12,14H,13H2,1-3H3,(H,23,24). The van der Waals surface area contributed by atoms with Gasteiger partial charge in [0.05, 0.1) is 4.90 Å². The van der Waals surface area contributed by atoms with Crippen LogP contribution in [0, 0.1) is 0 Å². The van der Waals surface area contributed by atoms with Gasteiger partial charge in [-0.3, -0.25) is 4.79 Å². The van der Waals surface area contributed by atoms with Crippen LogP contribution >= 0.6 is 0 Å². The number of hydrogen-bond donors (Lipinski definition) is 1. The highest BCUT2D eigenvalue weighted by Crippen LogP contribution is 2.18. The first-order valence-electron chi connectivity index (χ1n) is 8.25. The van der Waals surface area contributed by atoms with Crippen LogP contribution in [0.3, 0.4) is 0 Å². The van der Waals surface area contributed by atoms with Gasteiger partial charge in [0.25, 0.3) is 5.91 Å². The molecule has 1 N–H and O–H groups in total. The van der Waals surface area contributed by atoms with Crippen LogP contribution in [0.2, 0.25) is 0 Å². The zero-order chi connectivity index (χ0) is 20.2. The Morgan fingerprint density at radius 1 is 1.00 bits per heavy atom. The molecule has 0 spiro atoms. The summed E-state index contributed by atoms with van der Waals surface area (Å²) in [4.78, 5) is 25.6. The van der Waals surface area contributed by atoms with Crippen LogP contribution in [-0.4, -0.2) is 54.7 Å². The summed E-state index contributed by atoms with van der Waals surface area (Å²) in [6, 6.07) is 13.5. The molecule has 0 heterocycles. The minimum absolute atomic E-state index is 0.0601. The molecular weight excluding hydrogens is 368 g/mol. The smallest absolute Gasteiger partial charge is 0.326 e. The van der Waals surface area contributed by atoms with E-state index < -0.39 is 27.9 Å². The van der Waals surface area contributed by atoms with E-state index in [9.17, 15) is 23.1 Å². The molecule has 2 aromatic rings. The molecule has 7 nitrogen and oxygen atoms in total. The molecule has 2 aromatic carbocycles. The lowest BCUT2D eigenvalue weighted by atomic mass is 10.1.